The quantitative estimate of drug-likeness (QED) is 0.156. The summed E-state index contributed by atoms with van der Waals surface area (Å²) in [5, 5.41) is 2.96. The molecule has 0 amide bonds. The molecule has 1 aliphatic rings. The van der Waals surface area contributed by atoms with Gasteiger partial charge in [-0.15, -0.1) is 0 Å². The Kier molecular flexibility index (Phi) is 13.0. The molecule has 4 heteroatoms. The summed E-state index contributed by atoms with van der Waals surface area (Å²) in [6.45, 7) is 12.4. The first-order chi connectivity index (χ1) is 15.5. The van der Waals surface area contributed by atoms with Crippen molar-refractivity contribution in [1.82, 2.24) is 4.90 Å². The molecule has 0 atom stereocenters. The normalized spacial score (nSPS) is 12.5. The molecule has 3 aromatic carbocycles. The molecular weight excluding hydrogens is 538 g/mol. The molecule has 0 aromatic heterocycles. The number of para-hydroxylation sites is 1. The van der Waals surface area contributed by atoms with Crippen molar-refractivity contribution in [2.45, 2.75) is 39.5 Å². The molecule has 0 saturated carbocycles. The van der Waals surface area contributed by atoms with Crippen LogP contribution in [0.25, 0.3) is 0 Å². The van der Waals surface area contributed by atoms with E-state index in [2.05, 4.69) is 135 Å². The van der Waals surface area contributed by atoms with E-state index in [4.69, 9.17) is 0 Å². The predicted octanol–water partition coefficient (Wildman–Crippen LogP) is 7.41. The van der Waals surface area contributed by atoms with E-state index < -0.39 is 7.92 Å². The zero-order valence-electron chi connectivity index (χ0n) is 22.0. The smallest absolute Gasteiger partial charge is 0.0967 e. The Morgan fingerprint density at radius 2 is 1.17 bits per heavy atom. The first kappa shape index (κ1) is 31.1. The molecule has 35 heavy (non-hydrogen) atoms. The summed E-state index contributed by atoms with van der Waals surface area (Å²) in [6.07, 6.45) is 5.62. The molecule has 0 aliphatic carbocycles. The molecule has 0 spiro atoms. The van der Waals surface area contributed by atoms with Gasteiger partial charge in [-0.3, -0.25) is 0 Å². The third kappa shape index (κ3) is 7.54. The topological polar surface area (TPSA) is 6.48 Å². The molecule has 0 radical (unpaired) electrons. The van der Waals surface area contributed by atoms with Crippen molar-refractivity contribution in [3.63, 3.8) is 0 Å². The van der Waals surface area contributed by atoms with Crippen LogP contribution in [0.3, 0.4) is 0 Å². The average Bonchev–Trinajstić information content (AvgIpc) is 3.28. The molecule has 0 unspecified atom stereocenters. The van der Waals surface area contributed by atoms with Crippen molar-refractivity contribution in [2.24, 2.45) is 0 Å². The van der Waals surface area contributed by atoms with E-state index >= 15 is 0 Å². The van der Waals surface area contributed by atoms with Gasteiger partial charge in [0.25, 0.3) is 0 Å². The molecule has 0 saturated heterocycles. The Morgan fingerprint density at radius 3 is 1.63 bits per heavy atom. The molecule has 1 heterocycles. The molecule has 1 aliphatic heterocycles. The van der Waals surface area contributed by atoms with Gasteiger partial charge in [-0.25, -0.2) is 0 Å². The van der Waals surface area contributed by atoms with E-state index in [1.807, 2.05) is 0 Å². The van der Waals surface area contributed by atoms with Crippen molar-refractivity contribution >= 4 is 24.2 Å². The maximum Gasteiger partial charge on any atom is 0.0967 e. The minimum atomic E-state index is -0.825. The van der Waals surface area contributed by atoms with E-state index in [1.165, 1.54) is 27.4 Å². The molecule has 0 bridgehead atoms. The summed E-state index contributed by atoms with van der Waals surface area (Å²) >= 11 is 0. The third-order valence-electron chi connectivity index (χ3n) is 6.16. The summed E-state index contributed by atoms with van der Waals surface area (Å²) in [5.74, 6) is 0.982. The Morgan fingerprint density at radius 1 is 0.686 bits per heavy atom. The summed E-state index contributed by atoms with van der Waals surface area (Å²) in [4.78, 5) is 4.69. The van der Waals surface area contributed by atoms with Crippen molar-refractivity contribution in [3.8, 4) is 0 Å². The Balaban J connectivity index is 0.00000204. The molecule has 192 valence electrons. The van der Waals surface area contributed by atoms with Crippen LogP contribution in [0, 0.1) is 21.5 Å². The van der Waals surface area contributed by atoms with Crippen LogP contribution in [0.2, 0.25) is 0 Å². The zero-order chi connectivity index (χ0) is 22.5. The number of hydrogen-bond acceptors (Lipinski definition) is 2. The molecule has 0 fully saturated rings. The van der Waals surface area contributed by atoms with Gasteiger partial charge in [0.2, 0.25) is 0 Å². The summed E-state index contributed by atoms with van der Waals surface area (Å²) in [7, 11) is -0.825. The number of hydrogen-bond donors (Lipinski definition) is 0. The maximum absolute atomic E-state index is 2.36. The largest absolute Gasteiger partial charge is 0.505 e. The van der Waals surface area contributed by atoms with E-state index in [-0.39, 0.29) is 35.3 Å². The summed E-state index contributed by atoms with van der Waals surface area (Å²) < 4.78 is 0. The molecule has 0 N–H and O–H groups in total. The van der Waals surface area contributed by atoms with Gasteiger partial charge >= 0.3 is 0 Å². The second-order valence-corrected chi connectivity index (χ2v) is 11.7. The van der Waals surface area contributed by atoms with Crippen LogP contribution in [-0.2, 0) is 20.4 Å². The maximum atomic E-state index is 2.36. The Hall–Kier alpha value is -1.91. The van der Waals surface area contributed by atoms with Crippen LogP contribution in [0.5, 0.6) is 0 Å². The van der Waals surface area contributed by atoms with Gasteiger partial charge in [0.1, 0.15) is 0 Å². The Bertz CT molecular complexity index is 969. The average molecular weight is 579 g/mol. The van der Waals surface area contributed by atoms with Gasteiger partial charge in [-0.1, -0.05) is 82.3 Å². The van der Waals surface area contributed by atoms with E-state index in [0.717, 1.165) is 12.7 Å². The van der Waals surface area contributed by atoms with Gasteiger partial charge in [0.05, 0.1) is 24.7 Å². The van der Waals surface area contributed by atoms with Crippen LogP contribution in [-0.4, -0.2) is 17.6 Å². The SMILES string of the molecule is CC(C)c1cccc(C(C)C)c1N1C=CN(CC[PH+](c2ccccc2)c2ccccc2)[CH-]1.[CH3-].[CH3-].[Pd]. The van der Waals surface area contributed by atoms with Crippen molar-refractivity contribution in [1.29, 1.82) is 0 Å². The van der Waals surface area contributed by atoms with Gasteiger partial charge in [0, 0.05) is 32.7 Å². The zero-order valence-corrected chi connectivity index (χ0v) is 24.6. The van der Waals surface area contributed by atoms with Gasteiger partial charge < -0.3 is 24.7 Å². The van der Waals surface area contributed by atoms with Gasteiger partial charge in [-0.05, 0) is 59.6 Å². The number of anilines is 1. The van der Waals surface area contributed by atoms with Gasteiger partial charge in [-0.2, -0.15) is 6.67 Å². The van der Waals surface area contributed by atoms with Gasteiger partial charge in [0.15, 0.2) is 0 Å². The first-order valence-corrected chi connectivity index (χ1v) is 13.4. The fraction of sp³-hybridized carbons (Fsp3) is 0.258. The van der Waals surface area contributed by atoms with Crippen molar-refractivity contribution < 1.29 is 20.4 Å². The standard InChI is InChI=1S/C29H34N2P.2CH3.Pd/c1-23(2)27-16-11-17-28(24(3)4)29(27)31-19-18-30(22-31)20-21-32(25-12-7-5-8-13-25)26-14-9-6-10-15-26;;;/h5-19,22-24H,20-21H2,1-4H3;2*1H3;/q3*-1;/p+1. The van der Waals surface area contributed by atoms with Crippen LogP contribution in [0.1, 0.15) is 50.7 Å². The second kappa shape index (κ2) is 14.6. The summed E-state index contributed by atoms with van der Waals surface area (Å²) in [6, 6.07) is 28.9. The van der Waals surface area contributed by atoms with Crippen molar-refractivity contribution in [2.75, 3.05) is 17.6 Å². The molecule has 3 aromatic rings. The Labute approximate surface area is 229 Å². The molecule has 2 nitrogen and oxygen atoms in total. The van der Waals surface area contributed by atoms with Crippen molar-refractivity contribution in [3.05, 3.63) is 124 Å². The fourth-order valence-corrected chi connectivity index (χ4v) is 7.03. The minimum Gasteiger partial charge on any atom is -0.505 e. The minimum absolute atomic E-state index is 0. The number of nitrogens with zero attached hydrogens (tertiary/aromatic N) is 2. The molecule has 4 rings (SSSR count). The van der Waals surface area contributed by atoms with Crippen LogP contribution in [0.4, 0.5) is 5.69 Å². The van der Waals surface area contributed by atoms with Crippen LogP contribution < -0.4 is 15.5 Å². The van der Waals surface area contributed by atoms with E-state index in [1.54, 1.807) is 0 Å². The predicted molar refractivity (Wildman–Crippen MR) is 155 cm³/mol. The monoisotopic (exact) mass is 578 g/mol. The number of benzene rings is 3. The number of rotatable bonds is 8. The fourth-order valence-electron chi connectivity index (χ4n) is 4.44. The summed E-state index contributed by atoms with van der Waals surface area (Å²) in [5.41, 5.74) is 4.18. The van der Waals surface area contributed by atoms with E-state index in [9.17, 15) is 0 Å². The second-order valence-electron chi connectivity index (χ2n) is 9.11. The van der Waals surface area contributed by atoms with Crippen LogP contribution in [0.15, 0.2) is 91.3 Å². The first-order valence-electron chi connectivity index (χ1n) is 11.7. The van der Waals surface area contributed by atoms with Crippen LogP contribution >= 0.6 is 7.92 Å². The van der Waals surface area contributed by atoms with E-state index in [0.29, 0.717) is 11.8 Å². The molecular formula is C31H41N2PPd-2. The third-order valence-corrected chi connectivity index (χ3v) is 8.94.